The van der Waals surface area contributed by atoms with Crippen LogP contribution in [0.15, 0.2) is 54.6 Å². The first-order chi connectivity index (χ1) is 12.8. The van der Waals surface area contributed by atoms with E-state index in [1.807, 2.05) is 6.07 Å². The fourth-order valence-corrected chi connectivity index (χ4v) is 4.44. The van der Waals surface area contributed by atoms with Crippen molar-refractivity contribution in [2.75, 3.05) is 19.6 Å². The summed E-state index contributed by atoms with van der Waals surface area (Å²) in [5.74, 6) is 0.176. The molecule has 2 aliphatic rings. The maximum atomic E-state index is 13.2. The summed E-state index contributed by atoms with van der Waals surface area (Å²) in [6, 6.07) is 19.0. The predicted molar refractivity (Wildman–Crippen MR) is 105 cm³/mol. The molecule has 1 saturated heterocycles. The lowest BCUT2D eigenvalue weighted by atomic mass is 9.82. The minimum atomic E-state index is -0.00950. The molecule has 2 aromatic carbocycles. The summed E-state index contributed by atoms with van der Waals surface area (Å²) in [4.78, 5) is 15.7. The minimum absolute atomic E-state index is 0.00950. The Balaban J connectivity index is 1.53. The summed E-state index contributed by atoms with van der Waals surface area (Å²) in [5.41, 5.74) is 3.77. The molecule has 3 nitrogen and oxygen atoms in total. The minimum Gasteiger partial charge on any atom is -0.347 e. The van der Waals surface area contributed by atoms with E-state index in [0.29, 0.717) is 0 Å². The molecule has 136 valence electrons. The summed E-state index contributed by atoms with van der Waals surface area (Å²) in [6.07, 6.45) is 5.68. The smallest absolute Gasteiger partial charge is 0.228 e. The molecular formula is C23H28N2O. The van der Waals surface area contributed by atoms with Gasteiger partial charge in [0.1, 0.15) is 0 Å². The van der Waals surface area contributed by atoms with Crippen LogP contribution in [0.5, 0.6) is 0 Å². The molecule has 0 spiro atoms. The van der Waals surface area contributed by atoms with Crippen molar-refractivity contribution in [3.8, 4) is 0 Å². The van der Waals surface area contributed by atoms with Crippen molar-refractivity contribution >= 4 is 5.91 Å². The predicted octanol–water partition coefficient (Wildman–Crippen LogP) is 4.06. The summed E-state index contributed by atoms with van der Waals surface area (Å²) < 4.78 is 0. The van der Waals surface area contributed by atoms with Gasteiger partial charge < -0.3 is 10.2 Å². The van der Waals surface area contributed by atoms with Gasteiger partial charge in [0.15, 0.2) is 0 Å². The molecule has 1 amide bonds. The van der Waals surface area contributed by atoms with Gasteiger partial charge in [-0.1, -0.05) is 54.6 Å². The van der Waals surface area contributed by atoms with Crippen molar-refractivity contribution in [2.45, 2.75) is 44.1 Å². The maximum absolute atomic E-state index is 13.2. The van der Waals surface area contributed by atoms with Crippen LogP contribution in [0.3, 0.4) is 0 Å². The summed E-state index contributed by atoms with van der Waals surface area (Å²) in [5, 5.41) is 3.39. The standard InChI is InChI=1S/C23H28N2O/c26-23(21-14-8-12-18-9-4-5-13-20(18)21)24-22(17-25-15-6-7-16-25)19-10-2-1-3-11-19/h1-5,9-11,13,21-22H,6-8,12,14-17H2,(H,24,26). The number of carbonyl (C=O) groups excluding carboxylic acids is 1. The van der Waals surface area contributed by atoms with Gasteiger partial charge in [0, 0.05) is 6.54 Å². The van der Waals surface area contributed by atoms with Gasteiger partial charge in [-0.05, 0) is 61.9 Å². The first-order valence-electron chi connectivity index (χ1n) is 9.97. The molecular weight excluding hydrogens is 320 g/mol. The molecule has 0 bridgehead atoms. The Kier molecular flexibility index (Phi) is 5.35. The fraction of sp³-hybridized carbons (Fsp3) is 0.435. The lowest BCUT2D eigenvalue weighted by molar-refractivity contribution is -0.123. The van der Waals surface area contributed by atoms with Crippen LogP contribution in [0.1, 0.15) is 54.3 Å². The second kappa shape index (κ2) is 8.05. The van der Waals surface area contributed by atoms with Gasteiger partial charge in [0.2, 0.25) is 5.91 Å². The maximum Gasteiger partial charge on any atom is 0.228 e. The topological polar surface area (TPSA) is 32.3 Å². The quantitative estimate of drug-likeness (QED) is 0.884. The SMILES string of the molecule is O=C(NC(CN1CCCC1)c1ccccc1)C1CCCc2ccccc21. The number of hydrogen-bond acceptors (Lipinski definition) is 2. The number of benzene rings is 2. The van der Waals surface area contributed by atoms with E-state index in [0.717, 1.165) is 38.9 Å². The van der Waals surface area contributed by atoms with E-state index < -0.39 is 0 Å². The second-order valence-electron chi connectivity index (χ2n) is 7.62. The van der Waals surface area contributed by atoms with E-state index in [9.17, 15) is 4.79 Å². The van der Waals surface area contributed by atoms with Crippen molar-refractivity contribution in [1.82, 2.24) is 10.2 Å². The summed E-state index contributed by atoms with van der Waals surface area (Å²) in [7, 11) is 0. The number of hydrogen-bond donors (Lipinski definition) is 1. The summed E-state index contributed by atoms with van der Waals surface area (Å²) in [6.45, 7) is 3.20. The van der Waals surface area contributed by atoms with Gasteiger partial charge >= 0.3 is 0 Å². The van der Waals surface area contributed by atoms with Crippen molar-refractivity contribution in [3.05, 3.63) is 71.3 Å². The second-order valence-corrected chi connectivity index (χ2v) is 7.62. The van der Waals surface area contributed by atoms with Crippen LogP contribution in [-0.4, -0.2) is 30.4 Å². The molecule has 1 N–H and O–H groups in total. The van der Waals surface area contributed by atoms with Gasteiger partial charge in [0.05, 0.1) is 12.0 Å². The number of carbonyl (C=O) groups is 1. The normalized spacial score (nSPS) is 21.2. The Morgan fingerprint density at radius 1 is 1.00 bits per heavy atom. The lowest BCUT2D eigenvalue weighted by Crippen LogP contribution is -2.39. The van der Waals surface area contributed by atoms with E-state index in [1.54, 1.807) is 0 Å². The molecule has 26 heavy (non-hydrogen) atoms. The highest BCUT2D eigenvalue weighted by Crippen LogP contribution is 2.32. The average molecular weight is 348 g/mol. The Bertz CT molecular complexity index is 737. The number of rotatable bonds is 5. The monoisotopic (exact) mass is 348 g/mol. The summed E-state index contributed by atoms with van der Waals surface area (Å²) >= 11 is 0. The molecule has 1 heterocycles. The van der Waals surface area contributed by atoms with E-state index in [1.165, 1.54) is 29.5 Å². The zero-order valence-electron chi connectivity index (χ0n) is 15.4. The Morgan fingerprint density at radius 2 is 1.73 bits per heavy atom. The van der Waals surface area contributed by atoms with Crippen LogP contribution in [-0.2, 0) is 11.2 Å². The Morgan fingerprint density at radius 3 is 2.54 bits per heavy atom. The first-order valence-corrected chi connectivity index (χ1v) is 9.97. The van der Waals surface area contributed by atoms with Crippen LogP contribution in [0.4, 0.5) is 0 Å². The van der Waals surface area contributed by atoms with Gasteiger partial charge in [0.25, 0.3) is 0 Å². The molecule has 3 heteroatoms. The van der Waals surface area contributed by atoms with Gasteiger partial charge in [-0.2, -0.15) is 0 Å². The molecule has 1 fully saturated rings. The van der Waals surface area contributed by atoms with E-state index in [2.05, 4.69) is 58.7 Å². The molecule has 2 atom stereocenters. The van der Waals surface area contributed by atoms with Crippen LogP contribution in [0, 0.1) is 0 Å². The number of likely N-dealkylation sites (tertiary alicyclic amines) is 1. The molecule has 4 rings (SSSR count). The fourth-order valence-electron chi connectivity index (χ4n) is 4.44. The van der Waals surface area contributed by atoms with Crippen LogP contribution >= 0.6 is 0 Å². The average Bonchev–Trinajstić information content (AvgIpc) is 3.21. The number of nitrogens with one attached hydrogen (secondary N) is 1. The van der Waals surface area contributed by atoms with Gasteiger partial charge in [-0.3, -0.25) is 4.79 Å². The van der Waals surface area contributed by atoms with E-state index >= 15 is 0 Å². The Labute approximate surface area is 156 Å². The molecule has 2 aromatic rings. The Hall–Kier alpha value is -2.13. The zero-order chi connectivity index (χ0) is 17.8. The molecule has 0 radical (unpaired) electrons. The number of aryl methyl sites for hydroxylation is 1. The third-order valence-electron chi connectivity index (χ3n) is 5.84. The largest absolute Gasteiger partial charge is 0.347 e. The number of fused-ring (bicyclic) bond motifs is 1. The van der Waals surface area contributed by atoms with Crippen molar-refractivity contribution in [1.29, 1.82) is 0 Å². The number of nitrogens with zero attached hydrogens (tertiary/aromatic N) is 1. The molecule has 2 unspecified atom stereocenters. The zero-order valence-corrected chi connectivity index (χ0v) is 15.4. The van der Waals surface area contributed by atoms with Crippen molar-refractivity contribution in [3.63, 3.8) is 0 Å². The highest BCUT2D eigenvalue weighted by atomic mass is 16.2. The third kappa shape index (κ3) is 3.83. The van der Waals surface area contributed by atoms with Crippen molar-refractivity contribution in [2.24, 2.45) is 0 Å². The van der Waals surface area contributed by atoms with Crippen LogP contribution < -0.4 is 5.32 Å². The highest BCUT2D eigenvalue weighted by molar-refractivity contribution is 5.84. The third-order valence-corrected chi connectivity index (χ3v) is 5.84. The number of amides is 1. The highest BCUT2D eigenvalue weighted by Gasteiger charge is 2.29. The first kappa shape index (κ1) is 17.3. The lowest BCUT2D eigenvalue weighted by Gasteiger charge is -2.29. The molecule has 0 aromatic heterocycles. The van der Waals surface area contributed by atoms with Gasteiger partial charge in [-0.15, -0.1) is 0 Å². The van der Waals surface area contributed by atoms with E-state index in [4.69, 9.17) is 0 Å². The molecule has 1 aliphatic carbocycles. The van der Waals surface area contributed by atoms with Crippen LogP contribution in [0.25, 0.3) is 0 Å². The van der Waals surface area contributed by atoms with Crippen LogP contribution in [0.2, 0.25) is 0 Å². The van der Waals surface area contributed by atoms with Crippen molar-refractivity contribution < 1.29 is 4.79 Å². The molecule has 0 saturated carbocycles. The van der Waals surface area contributed by atoms with Gasteiger partial charge in [-0.25, -0.2) is 0 Å². The molecule has 1 aliphatic heterocycles. The van der Waals surface area contributed by atoms with E-state index in [-0.39, 0.29) is 17.9 Å².